The van der Waals surface area contributed by atoms with Crippen LogP contribution in [0.5, 0.6) is 0 Å². The molecule has 0 bridgehead atoms. The smallest absolute Gasteiger partial charge is 0.171 e. The van der Waals surface area contributed by atoms with Crippen molar-refractivity contribution in [1.29, 1.82) is 0 Å². The maximum Gasteiger partial charge on any atom is 0.171 e. The highest BCUT2D eigenvalue weighted by Crippen LogP contribution is 2.22. The number of nitrogens with zero attached hydrogens (tertiary/aromatic N) is 1. The highest BCUT2D eigenvalue weighted by atomic mass is 32.1. The van der Waals surface area contributed by atoms with Gasteiger partial charge in [-0.1, -0.05) is 44.2 Å². The first-order valence-corrected chi connectivity index (χ1v) is 8.11. The van der Waals surface area contributed by atoms with E-state index in [1.807, 2.05) is 54.6 Å². The second-order valence-electron chi connectivity index (χ2n) is 5.83. The van der Waals surface area contributed by atoms with Crippen molar-refractivity contribution in [2.24, 2.45) is 5.92 Å². The normalized spacial score (nSPS) is 12.3. The number of aromatic amines is 1. The number of aromatic nitrogens is 2. The van der Waals surface area contributed by atoms with Crippen LogP contribution in [0.2, 0.25) is 0 Å². The fraction of sp³-hybridized carbons (Fsp3) is 0.222. The fourth-order valence-electron chi connectivity index (χ4n) is 2.50. The van der Waals surface area contributed by atoms with Crippen molar-refractivity contribution in [2.45, 2.75) is 19.9 Å². The van der Waals surface area contributed by atoms with Crippen LogP contribution in [-0.4, -0.2) is 15.1 Å². The van der Waals surface area contributed by atoms with E-state index in [0.29, 0.717) is 11.0 Å². The molecule has 0 aliphatic rings. The van der Waals surface area contributed by atoms with E-state index in [1.165, 1.54) is 0 Å². The number of hydrogen-bond acceptors (Lipinski definition) is 2. The average molecular weight is 324 g/mol. The van der Waals surface area contributed by atoms with Gasteiger partial charge in [0.1, 0.15) is 5.82 Å². The lowest BCUT2D eigenvalue weighted by molar-refractivity contribution is 0.455. The number of benzene rings is 2. The lowest BCUT2D eigenvalue weighted by Crippen LogP contribution is -2.35. The molecule has 23 heavy (non-hydrogen) atoms. The third-order valence-electron chi connectivity index (χ3n) is 3.69. The van der Waals surface area contributed by atoms with Crippen LogP contribution >= 0.6 is 12.2 Å². The Hall–Kier alpha value is -2.40. The Balaban J connectivity index is 1.77. The molecule has 5 heteroatoms. The molecular formula is C18H20N4S. The summed E-state index contributed by atoms with van der Waals surface area (Å²) in [5.41, 5.74) is 2.98. The number of hydrogen-bond donors (Lipinski definition) is 3. The summed E-state index contributed by atoms with van der Waals surface area (Å²) in [6, 6.07) is 18.0. The number of rotatable bonds is 4. The summed E-state index contributed by atoms with van der Waals surface area (Å²) in [6.45, 7) is 4.30. The van der Waals surface area contributed by atoms with Crippen molar-refractivity contribution in [3.8, 4) is 0 Å². The van der Waals surface area contributed by atoms with Crippen LogP contribution in [0, 0.1) is 5.92 Å². The van der Waals surface area contributed by atoms with Gasteiger partial charge in [0.2, 0.25) is 0 Å². The third kappa shape index (κ3) is 3.68. The van der Waals surface area contributed by atoms with Crippen LogP contribution in [0.25, 0.3) is 11.0 Å². The van der Waals surface area contributed by atoms with E-state index in [2.05, 4.69) is 34.4 Å². The van der Waals surface area contributed by atoms with Gasteiger partial charge in [0, 0.05) is 5.69 Å². The van der Waals surface area contributed by atoms with Gasteiger partial charge in [0.15, 0.2) is 5.11 Å². The van der Waals surface area contributed by atoms with Crippen LogP contribution in [0.3, 0.4) is 0 Å². The highest BCUT2D eigenvalue weighted by Gasteiger charge is 2.20. The Labute approximate surface area is 141 Å². The molecule has 0 spiro atoms. The van der Waals surface area contributed by atoms with Crippen molar-refractivity contribution in [3.63, 3.8) is 0 Å². The summed E-state index contributed by atoms with van der Waals surface area (Å²) in [5.74, 6) is 1.24. The van der Waals surface area contributed by atoms with Gasteiger partial charge in [0.05, 0.1) is 17.1 Å². The van der Waals surface area contributed by atoms with Crippen LogP contribution in [0.1, 0.15) is 25.7 Å². The highest BCUT2D eigenvalue weighted by molar-refractivity contribution is 7.80. The molecule has 0 unspecified atom stereocenters. The second kappa shape index (κ2) is 6.79. The van der Waals surface area contributed by atoms with Gasteiger partial charge in [-0.25, -0.2) is 4.98 Å². The molecule has 3 N–H and O–H groups in total. The van der Waals surface area contributed by atoms with Gasteiger partial charge in [-0.2, -0.15) is 0 Å². The van der Waals surface area contributed by atoms with Crippen molar-refractivity contribution >= 4 is 34.1 Å². The minimum absolute atomic E-state index is 0.0195. The molecule has 118 valence electrons. The fourth-order valence-corrected chi connectivity index (χ4v) is 2.75. The largest absolute Gasteiger partial charge is 0.352 e. The van der Waals surface area contributed by atoms with Gasteiger partial charge in [0.25, 0.3) is 0 Å². The molecule has 3 rings (SSSR count). The first-order valence-electron chi connectivity index (χ1n) is 7.70. The number of thiocarbonyl (C=S) groups is 1. The molecule has 1 aromatic heterocycles. The monoisotopic (exact) mass is 324 g/mol. The number of para-hydroxylation sites is 3. The molecular weight excluding hydrogens is 304 g/mol. The predicted octanol–water partition coefficient (Wildman–Crippen LogP) is 4.25. The molecule has 0 saturated carbocycles. The Morgan fingerprint density at radius 1 is 1.04 bits per heavy atom. The minimum atomic E-state index is 0.0195. The van der Waals surface area contributed by atoms with Gasteiger partial charge in [-0.05, 0) is 42.4 Å². The average Bonchev–Trinajstić information content (AvgIpc) is 2.97. The van der Waals surface area contributed by atoms with Crippen molar-refractivity contribution in [3.05, 3.63) is 60.4 Å². The number of imidazole rings is 1. The zero-order chi connectivity index (χ0) is 16.2. The molecule has 0 radical (unpaired) electrons. The zero-order valence-electron chi connectivity index (χ0n) is 13.2. The first kappa shape index (κ1) is 15.5. The predicted molar refractivity (Wildman–Crippen MR) is 99.5 cm³/mol. The summed E-state index contributed by atoms with van der Waals surface area (Å²) >= 11 is 5.45. The summed E-state index contributed by atoms with van der Waals surface area (Å²) in [4.78, 5) is 8.07. The topological polar surface area (TPSA) is 52.7 Å². The van der Waals surface area contributed by atoms with Crippen LogP contribution in [0.4, 0.5) is 5.69 Å². The van der Waals surface area contributed by atoms with E-state index in [9.17, 15) is 0 Å². The zero-order valence-corrected chi connectivity index (χ0v) is 14.0. The van der Waals surface area contributed by atoms with Crippen LogP contribution in [0.15, 0.2) is 54.6 Å². The second-order valence-corrected chi connectivity index (χ2v) is 6.23. The Bertz CT molecular complexity index is 762. The van der Waals surface area contributed by atoms with Gasteiger partial charge in [-0.15, -0.1) is 0 Å². The molecule has 1 atom stereocenters. The molecule has 1 heterocycles. The Kier molecular flexibility index (Phi) is 4.57. The molecule has 2 aromatic carbocycles. The lowest BCUT2D eigenvalue weighted by Gasteiger charge is -2.22. The summed E-state index contributed by atoms with van der Waals surface area (Å²) in [7, 11) is 0. The summed E-state index contributed by atoms with van der Waals surface area (Å²) < 4.78 is 0. The Morgan fingerprint density at radius 2 is 1.74 bits per heavy atom. The van der Waals surface area contributed by atoms with E-state index in [0.717, 1.165) is 22.5 Å². The van der Waals surface area contributed by atoms with E-state index >= 15 is 0 Å². The van der Waals surface area contributed by atoms with E-state index < -0.39 is 0 Å². The van der Waals surface area contributed by atoms with Gasteiger partial charge in [-0.3, -0.25) is 0 Å². The van der Waals surface area contributed by atoms with Crippen molar-refractivity contribution < 1.29 is 0 Å². The van der Waals surface area contributed by atoms with Gasteiger partial charge >= 0.3 is 0 Å². The van der Waals surface area contributed by atoms with Crippen molar-refractivity contribution in [2.75, 3.05) is 5.32 Å². The number of H-pyrrole nitrogens is 1. The summed E-state index contributed by atoms with van der Waals surface area (Å²) in [5, 5.41) is 7.17. The molecule has 0 aliphatic carbocycles. The van der Waals surface area contributed by atoms with Crippen molar-refractivity contribution in [1.82, 2.24) is 15.3 Å². The number of fused-ring (bicyclic) bond motifs is 1. The molecule has 4 nitrogen and oxygen atoms in total. The Morgan fingerprint density at radius 3 is 2.43 bits per heavy atom. The molecule has 0 fully saturated rings. The van der Waals surface area contributed by atoms with E-state index in [-0.39, 0.29) is 6.04 Å². The van der Waals surface area contributed by atoms with E-state index in [1.54, 1.807) is 0 Å². The molecule has 3 aromatic rings. The third-order valence-corrected chi connectivity index (χ3v) is 3.91. The van der Waals surface area contributed by atoms with E-state index in [4.69, 9.17) is 12.2 Å². The quantitative estimate of drug-likeness (QED) is 0.628. The lowest BCUT2D eigenvalue weighted by atomic mass is 10.0. The number of anilines is 1. The summed E-state index contributed by atoms with van der Waals surface area (Å²) in [6.07, 6.45) is 0. The standard InChI is InChI=1S/C18H20N4S/c1-12(2)16(17-20-14-10-6-7-11-15(14)21-17)22-18(23)19-13-8-4-3-5-9-13/h3-12,16H,1-2H3,(H,20,21)(H2,19,22,23)/t16-/m1/s1. The molecule has 0 saturated heterocycles. The van der Waals surface area contributed by atoms with Crippen LogP contribution in [-0.2, 0) is 0 Å². The van der Waals surface area contributed by atoms with Crippen LogP contribution < -0.4 is 10.6 Å². The molecule has 0 amide bonds. The maximum atomic E-state index is 5.45. The molecule has 0 aliphatic heterocycles. The number of nitrogens with one attached hydrogen (secondary N) is 3. The van der Waals surface area contributed by atoms with Gasteiger partial charge < -0.3 is 15.6 Å². The minimum Gasteiger partial charge on any atom is -0.352 e. The maximum absolute atomic E-state index is 5.45. The SMILES string of the molecule is CC(C)[C@@H](NC(=S)Nc1ccccc1)c1nc2ccccc2[nH]1. The first-order chi connectivity index (χ1) is 11.1.